The van der Waals surface area contributed by atoms with E-state index in [0.29, 0.717) is 17.9 Å². The third kappa shape index (κ3) is 5.57. The number of hydrogen-bond acceptors (Lipinski definition) is 4. The van der Waals surface area contributed by atoms with Gasteiger partial charge in [0.15, 0.2) is 0 Å². The Morgan fingerprint density at radius 2 is 1.93 bits per heavy atom. The Bertz CT molecular complexity index is 798. The quantitative estimate of drug-likeness (QED) is 0.735. The first-order chi connectivity index (χ1) is 13.7. The molecule has 0 aromatic heterocycles. The number of rotatable bonds is 8. The van der Waals surface area contributed by atoms with Crippen LogP contribution < -0.4 is 15.4 Å². The van der Waals surface area contributed by atoms with Crippen molar-refractivity contribution in [1.29, 1.82) is 0 Å². The van der Waals surface area contributed by atoms with Crippen molar-refractivity contribution in [3.63, 3.8) is 0 Å². The third-order valence-corrected chi connectivity index (χ3v) is 4.66. The molecule has 0 spiro atoms. The van der Waals surface area contributed by atoms with Gasteiger partial charge in [0.1, 0.15) is 12.4 Å². The molecule has 3 rings (SSSR count). The molecule has 0 bridgehead atoms. The van der Waals surface area contributed by atoms with Crippen molar-refractivity contribution in [1.82, 2.24) is 5.32 Å². The lowest BCUT2D eigenvalue weighted by molar-refractivity contribution is -0.115. The van der Waals surface area contributed by atoms with Crippen molar-refractivity contribution < 1.29 is 19.1 Å². The van der Waals surface area contributed by atoms with Gasteiger partial charge in [0, 0.05) is 17.9 Å². The number of carbonyl (C=O) groups is 2. The van der Waals surface area contributed by atoms with E-state index in [-0.39, 0.29) is 24.5 Å². The van der Waals surface area contributed by atoms with E-state index < -0.39 is 0 Å². The summed E-state index contributed by atoms with van der Waals surface area (Å²) >= 11 is 0. The Kier molecular flexibility index (Phi) is 7.03. The van der Waals surface area contributed by atoms with Crippen LogP contribution in [-0.2, 0) is 16.0 Å². The first-order valence-corrected chi connectivity index (χ1v) is 9.66. The van der Waals surface area contributed by atoms with E-state index in [1.54, 1.807) is 24.3 Å². The van der Waals surface area contributed by atoms with Crippen LogP contribution in [0.5, 0.6) is 5.75 Å². The Labute approximate surface area is 165 Å². The van der Waals surface area contributed by atoms with Crippen molar-refractivity contribution in [3.05, 3.63) is 59.7 Å². The molecule has 1 unspecified atom stereocenters. The van der Waals surface area contributed by atoms with E-state index in [4.69, 9.17) is 9.47 Å². The summed E-state index contributed by atoms with van der Waals surface area (Å²) in [5.41, 5.74) is 2.31. The number of carbonyl (C=O) groups excluding carboxylic acids is 2. The van der Waals surface area contributed by atoms with Gasteiger partial charge in [0.2, 0.25) is 5.91 Å². The highest BCUT2D eigenvalue weighted by Gasteiger charge is 2.16. The number of hydrogen-bond donors (Lipinski definition) is 2. The maximum absolute atomic E-state index is 12.3. The van der Waals surface area contributed by atoms with E-state index in [2.05, 4.69) is 10.6 Å². The molecular formula is C22H26N2O4. The van der Waals surface area contributed by atoms with Crippen molar-refractivity contribution in [2.75, 3.05) is 25.1 Å². The van der Waals surface area contributed by atoms with E-state index in [1.807, 2.05) is 31.2 Å². The fourth-order valence-corrected chi connectivity index (χ4v) is 3.08. The summed E-state index contributed by atoms with van der Waals surface area (Å²) in [6, 6.07) is 14.5. The van der Waals surface area contributed by atoms with Gasteiger partial charge in [-0.25, -0.2) is 0 Å². The highest BCUT2D eigenvalue weighted by atomic mass is 16.5. The fraction of sp³-hybridized carbons (Fsp3) is 0.364. The third-order valence-electron chi connectivity index (χ3n) is 4.66. The second-order valence-corrected chi connectivity index (χ2v) is 6.71. The normalized spacial score (nSPS) is 15.8. The fourth-order valence-electron chi connectivity index (χ4n) is 3.08. The molecular weight excluding hydrogens is 356 g/mol. The van der Waals surface area contributed by atoms with Crippen molar-refractivity contribution in [2.45, 2.75) is 32.3 Å². The predicted molar refractivity (Wildman–Crippen MR) is 108 cm³/mol. The van der Waals surface area contributed by atoms with E-state index in [1.165, 1.54) is 0 Å². The molecule has 0 radical (unpaired) electrons. The molecule has 2 aromatic rings. The van der Waals surface area contributed by atoms with Crippen molar-refractivity contribution in [3.8, 4) is 5.75 Å². The highest BCUT2D eigenvalue weighted by Crippen LogP contribution is 2.17. The standard InChI is InChI=1S/C22H26N2O4/c1-2-16-6-3-4-8-20(16)24-21(25)14-23-22(26)17-9-11-18(12-10-17)28-15-19-7-5-13-27-19/h3-4,6,8-12,19H,2,5,7,13-15H2,1H3,(H,23,26)(H,24,25). The molecule has 1 aliphatic heterocycles. The minimum Gasteiger partial charge on any atom is -0.491 e. The summed E-state index contributed by atoms with van der Waals surface area (Å²) < 4.78 is 11.2. The molecule has 148 valence electrons. The smallest absolute Gasteiger partial charge is 0.251 e. The maximum atomic E-state index is 12.3. The zero-order valence-corrected chi connectivity index (χ0v) is 16.1. The molecule has 6 heteroatoms. The maximum Gasteiger partial charge on any atom is 0.251 e. The summed E-state index contributed by atoms with van der Waals surface area (Å²) in [4.78, 5) is 24.4. The molecule has 1 aliphatic rings. The summed E-state index contributed by atoms with van der Waals surface area (Å²) in [5, 5.41) is 5.48. The van der Waals surface area contributed by atoms with Crippen LogP contribution in [0, 0.1) is 0 Å². The number of benzene rings is 2. The molecule has 2 aromatic carbocycles. The molecule has 2 amide bonds. The van der Waals surface area contributed by atoms with Crippen LogP contribution >= 0.6 is 0 Å². The lowest BCUT2D eigenvalue weighted by Gasteiger charge is -2.12. The van der Waals surface area contributed by atoms with Crippen LogP contribution in [0.4, 0.5) is 5.69 Å². The summed E-state index contributed by atoms with van der Waals surface area (Å²) in [5.74, 6) is 0.135. The van der Waals surface area contributed by atoms with E-state index >= 15 is 0 Å². The molecule has 0 saturated carbocycles. The van der Waals surface area contributed by atoms with Crippen LogP contribution in [0.15, 0.2) is 48.5 Å². The molecule has 1 heterocycles. The van der Waals surface area contributed by atoms with Crippen LogP contribution in [-0.4, -0.2) is 37.7 Å². The highest BCUT2D eigenvalue weighted by molar-refractivity contribution is 5.99. The van der Waals surface area contributed by atoms with Crippen LogP contribution in [0.1, 0.15) is 35.7 Å². The molecule has 1 fully saturated rings. The molecule has 28 heavy (non-hydrogen) atoms. The largest absolute Gasteiger partial charge is 0.491 e. The number of para-hydroxylation sites is 1. The molecule has 1 atom stereocenters. The van der Waals surface area contributed by atoms with Gasteiger partial charge in [0.25, 0.3) is 5.91 Å². The summed E-state index contributed by atoms with van der Waals surface area (Å²) in [6.07, 6.45) is 3.07. The van der Waals surface area contributed by atoms with Crippen molar-refractivity contribution in [2.24, 2.45) is 0 Å². The second-order valence-electron chi connectivity index (χ2n) is 6.71. The SMILES string of the molecule is CCc1ccccc1NC(=O)CNC(=O)c1ccc(OCC2CCCO2)cc1. The first kappa shape index (κ1) is 19.9. The number of amides is 2. The molecule has 1 saturated heterocycles. The van der Waals surface area contributed by atoms with Gasteiger partial charge in [-0.1, -0.05) is 25.1 Å². The van der Waals surface area contributed by atoms with E-state index in [0.717, 1.165) is 37.1 Å². The Balaban J connectivity index is 1.45. The van der Waals surface area contributed by atoms with Gasteiger partial charge >= 0.3 is 0 Å². The van der Waals surface area contributed by atoms with Gasteiger partial charge in [-0.05, 0) is 55.2 Å². The average molecular weight is 382 g/mol. The second kappa shape index (κ2) is 9.90. The first-order valence-electron chi connectivity index (χ1n) is 9.66. The average Bonchev–Trinajstić information content (AvgIpc) is 3.25. The zero-order valence-electron chi connectivity index (χ0n) is 16.1. The van der Waals surface area contributed by atoms with Crippen LogP contribution in [0.3, 0.4) is 0 Å². The molecule has 6 nitrogen and oxygen atoms in total. The van der Waals surface area contributed by atoms with Crippen LogP contribution in [0.25, 0.3) is 0 Å². The van der Waals surface area contributed by atoms with Crippen molar-refractivity contribution >= 4 is 17.5 Å². The molecule has 0 aliphatic carbocycles. The van der Waals surface area contributed by atoms with Gasteiger partial charge in [-0.15, -0.1) is 0 Å². The lowest BCUT2D eigenvalue weighted by Crippen LogP contribution is -2.33. The van der Waals surface area contributed by atoms with Gasteiger partial charge in [-0.2, -0.15) is 0 Å². The Morgan fingerprint density at radius 3 is 2.64 bits per heavy atom. The minimum absolute atomic E-state index is 0.0891. The number of ether oxygens (including phenoxy) is 2. The van der Waals surface area contributed by atoms with Crippen LogP contribution in [0.2, 0.25) is 0 Å². The monoisotopic (exact) mass is 382 g/mol. The topological polar surface area (TPSA) is 76.7 Å². The van der Waals surface area contributed by atoms with Gasteiger partial charge in [-0.3, -0.25) is 9.59 Å². The summed E-state index contributed by atoms with van der Waals surface area (Å²) in [6.45, 7) is 3.25. The number of aryl methyl sites for hydroxylation is 1. The minimum atomic E-state index is -0.301. The predicted octanol–water partition coefficient (Wildman–Crippen LogP) is 3.18. The number of anilines is 1. The number of nitrogens with one attached hydrogen (secondary N) is 2. The Hall–Kier alpha value is -2.86. The van der Waals surface area contributed by atoms with Gasteiger partial charge < -0.3 is 20.1 Å². The van der Waals surface area contributed by atoms with Gasteiger partial charge in [0.05, 0.1) is 12.6 Å². The Morgan fingerprint density at radius 1 is 1.14 bits per heavy atom. The zero-order chi connectivity index (χ0) is 19.8. The summed E-state index contributed by atoms with van der Waals surface area (Å²) in [7, 11) is 0. The lowest BCUT2D eigenvalue weighted by atomic mass is 10.1. The van der Waals surface area contributed by atoms with E-state index in [9.17, 15) is 9.59 Å². The molecule has 2 N–H and O–H groups in total.